The molecule has 0 heterocycles. The molecule has 0 unspecified atom stereocenters. The van der Waals surface area contributed by atoms with Gasteiger partial charge in [0.25, 0.3) is 0 Å². The summed E-state index contributed by atoms with van der Waals surface area (Å²) in [5, 5.41) is 0. The molecular weight excluding hydrogens is 302 g/mol. The molecule has 120 valence electrons. The van der Waals surface area contributed by atoms with Crippen LogP contribution in [-0.2, 0) is 0 Å². The van der Waals surface area contributed by atoms with Crippen LogP contribution in [-0.4, -0.2) is 0 Å². The average molecular weight is 320 g/mol. The van der Waals surface area contributed by atoms with E-state index >= 15 is 0 Å². The molecule has 0 nitrogen and oxygen atoms in total. The van der Waals surface area contributed by atoms with E-state index in [9.17, 15) is 8.78 Å². The van der Waals surface area contributed by atoms with Crippen molar-refractivity contribution in [3.63, 3.8) is 0 Å². The van der Waals surface area contributed by atoms with Crippen molar-refractivity contribution in [1.82, 2.24) is 0 Å². The highest BCUT2D eigenvalue weighted by Gasteiger charge is 2.15. The Labute approximate surface area is 141 Å². The zero-order valence-corrected chi connectivity index (χ0v) is 13.7. The molecule has 0 aliphatic heterocycles. The van der Waals surface area contributed by atoms with Crippen LogP contribution in [0.5, 0.6) is 0 Å². The standard InChI is InChI=1S/C22H18F2/c1-3-4-16-7-11-18(12-8-16)20-14-13-19(21(23)22(20)24)17-9-5-15(2)6-10-17/h3-14H,1-2H3/b4-3+. The first-order valence-electron chi connectivity index (χ1n) is 7.88. The second-order valence-electron chi connectivity index (χ2n) is 5.78. The molecule has 0 bridgehead atoms. The normalized spacial score (nSPS) is 11.2. The molecule has 0 amide bonds. The van der Waals surface area contributed by atoms with E-state index in [-0.39, 0.29) is 11.1 Å². The third-order valence-electron chi connectivity index (χ3n) is 4.03. The maximum Gasteiger partial charge on any atom is 0.167 e. The maximum atomic E-state index is 14.6. The summed E-state index contributed by atoms with van der Waals surface area (Å²) in [5.41, 5.74) is 4.00. The van der Waals surface area contributed by atoms with Crippen LogP contribution >= 0.6 is 0 Å². The van der Waals surface area contributed by atoms with Gasteiger partial charge in [-0.1, -0.05) is 78.4 Å². The van der Waals surface area contributed by atoms with Crippen LogP contribution in [0.25, 0.3) is 28.3 Å². The van der Waals surface area contributed by atoms with Gasteiger partial charge in [-0.3, -0.25) is 0 Å². The van der Waals surface area contributed by atoms with Gasteiger partial charge >= 0.3 is 0 Å². The molecule has 2 heteroatoms. The van der Waals surface area contributed by atoms with Crippen molar-refractivity contribution in [2.45, 2.75) is 13.8 Å². The van der Waals surface area contributed by atoms with E-state index in [0.29, 0.717) is 11.1 Å². The van der Waals surface area contributed by atoms with E-state index in [1.807, 2.05) is 50.3 Å². The Morgan fingerprint density at radius 2 is 1.12 bits per heavy atom. The highest BCUT2D eigenvalue weighted by Crippen LogP contribution is 2.31. The van der Waals surface area contributed by atoms with Crippen LogP contribution in [0.4, 0.5) is 8.78 Å². The van der Waals surface area contributed by atoms with E-state index in [1.165, 1.54) is 0 Å². The molecule has 0 spiro atoms. The van der Waals surface area contributed by atoms with Crippen LogP contribution < -0.4 is 0 Å². The van der Waals surface area contributed by atoms with Crippen LogP contribution in [0.3, 0.4) is 0 Å². The van der Waals surface area contributed by atoms with E-state index in [1.54, 1.807) is 36.4 Å². The largest absolute Gasteiger partial charge is 0.203 e. The molecule has 0 atom stereocenters. The number of allylic oxidation sites excluding steroid dienone is 1. The molecule has 3 aromatic rings. The van der Waals surface area contributed by atoms with Crippen molar-refractivity contribution in [3.05, 3.63) is 89.5 Å². The van der Waals surface area contributed by atoms with E-state index in [2.05, 4.69) is 0 Å². The van der Waals surface area contributed by atoms with Crippen molar-refractivity contribution >= 4 is 6.08 Å². The summed E-state index contributed by atoms with van der Waals surface area (Å²) < 4.78 is 29.1. The fourth-order valence-electron chi connectivity index (χ4n) is 2.69. The summed E-state index contributed by atoms with van der Waals surface area (Å²) in [6, 6.07) is 18.0. The molecule has 0 N–H and O–H groups in total. The lowest BCUT2D eigenvalue weighted by molar-refractivity contribution is 0.514. The summed E-state index contributed by atoms with van der Waals surface area (Å²) in [7, 11) is 0. The molecule has 24 heavy (non-hydrogen) atoms. The fraction of sp³-hybridized carbons (Fsp3) is 0.0909. The van der Waals surface area contributed by atoms with Crippen LogP contribution in [0.2, 0.25) is 0 Å². The van der Waals surface area contributed by atoms with Crippen molar-refractivity contribution < 1.29 is 8.78 Å². The van der Waals surface area contributed by atoms with Crippen LogP contribution in [0.1, 0.15) is 18.1 Å². The first kappa shape index (κ1) is 16.1. The predicted octanol–water partition coefficient (Wildman–Crippen LogP) is 6.64. The van der Waals surface area contributed by atoms with Gasteiger partial charge in [-0.15, -0.1) is 0 Å². The van der Waals surface area contributed by atoms with Gasteiger partial charge < -0.3 is 0 Å². The SMILES string of the molecule is C/C=C/c1ccc(-c2ccc(-c3ccc(C)cc3)c(F)c2F)cc1. The smallest absolute Gasteiger partial charge is 0.167 e. The molecule has 0 fully saturated rings. The minimum Gasteiger partial charge on any atom is -0.203 e. The second kappa shape index (κ2) is 6.79. The maximum absolute atomic E-state index is 14.6. The van der Waals surface area contributed by atoms with Crippen LogP contribution in [0.15, 0.2) is 66.7 Å². The van der Waals surface area contributed by atoms with Gasteiger partial charge in [-0.05, 0) is 30.5 Å². The molecule has 0 aliphatic rings. The lowest BCUT2D eigenvalue weighted by Gasteiger charge is -2.10. The Morgan fingerprint density at radius 1 is 0.667 bits per heavy atom. The van der Waals surface area contributed by atoms with Gasteiger partial charge in [0.15, 0.2) is 11.6 Å². The second-order valence-corrected chi connectivity index (χ2v) is 5.78. The highest BCUT2D eigenvalue weighted by molar-refractivity contribution is 5.72. The number of benzene rings is 3. The quantitative estimate of drug-likeness (QED) is 0.507. The first-order valence-corrected chi connectivity index (χ1v) is 7.88. The van der Waals surface area contributed by atoms with Crippen LogP contribution in [0, 0.1) is 18.6 Å². The zero-order chi connectivity index (χ0) is 17.1. The predicted molar refractivity (Wildman–Crippen MR) is 96.7 cm³/mol. The summed E-state index contributed by atoms with van der Waals surface area (Å²) in [6.07, 6.45) is 3.90. The third kappa shape index (κ3) is 3.13. The Kier molecular flexibility index (Phi) is 4.57. The first-order chi connectivity index (χ1) is 11.6. The van der Waals surface area contributed by atoms with E-state index in [4.69, 9.17) is 0 Å². The molecule has 3 aromatic carbocycles. The van der Waals surface area contributed by atoms with E-state index < -0.39 is 11.6 Å². The van der Waals surface area contributed by atoms with Gasteiger partial charge in [-0.25, -0.2) is 8.78 Å². The number of halogens is 2. The molecule has 0 aromatic heterocycles. The number of rotatable bonds is 3. The summed E-state index contributed by atoms with van der Waals surface area (Å²) in [4.78, 5) is 0. The molecule has 0 saturated heterocycles. The van der Waals surface area contributed by atoms with Crippen molar-refractivity contribution in [2.24, 2.45) is 0 Å². The van der Waals surface area contributed by atoms with Gasteiger partial charge in [-0.2, -0.15) is 0 Å². The lowest BCUT2D eigenvalue weighted by atomic mass is 9.97. The van der Waals surface area contributed by atoms with Gasteiger partial charge in [0.05, 0.1) is 0 Å². The minimum absolute atomic E-state index is 0.274. The molecule has 0 radical (unpaired) electrons. The van der Waals surface area contributed by atoms with Gasteiger partial charge in [0, 0.05) is 11.1 Å². The Morgan fingerprint density at radius 3 is 1.58 bits per heavy atom. The minimum atomic E-state index is -0.813. The number of aryl methyl sites for hydroxylation is 1. The molecular formula is C22H18F2. The topological polar surface area (TPSA) is 0 Å². The molecule has 3 rings (SSSR count). The summed E-state index contributed by atoms with van der Waals surface area (Å²) in [5.74, 6) is -1.62. The lowest BCUT2D eigenvalue weighted by Crippen LogP contribution is -1.94. The number of hydrogen-bond acceptors (Lipinski definition) is 0. The molecule has 0 saturated carbocycles. The highest BCUT2D eigenvalue weighted by atomic mass is 19.2. The van der Waals surface area contributed by atoms with Crippen molar-refractivity contribution in [1.29, 1.82) is 0 Å². The summed E-state index contributed by atoms with van der Waals surface area (Å²) >= 11 is 0. The van der Waals surface area contributed by atoms with Gasteiger partial charge in [0.2, 0.25) is 0 Å². The Hall–Kier alpha value is -2.74. The Bertz CT molecular complexity index is 873. The third-order valence-corrected chi connectivity index (χ3v) is 4.03. The monoisotopic (exact) mass is 320 g/mol. The Balaban J connectivity index is 2.02. The van der Waals surface area contributed by atoms with Crippen molar-refractivity contribution in [2.75, 3.05) is 0 Å². The fourth-order valence-corrected chi connectivity index (χ4v) is 2.69. The van der Waals surface area contributed by atoms with Gasteiger partial charge in [0.1, 0.15) is 0 Å². The molecule has 0 aliphatic carbocycles. The average Bonchev–Trinajstić information content (AvgIpc) is 2.59. The van der Waals surface area contributed by atoms with E-state index in [0.717, 1.165) is 11.1 Å². The van der Waals surface area contributed by atoms with Crippen molar-refractivity contribution in [3.8, 4) is 22.3 Å². The number of hydrogen-bond donors (Lipinski definition) is 0. The summed E-state index contributed by atoms with van der Waals surface area (Å²) in [6.45, 7) is 3.90. The zero-order valence-electron chi connectivity index (χ0n) is 13.7.